The first-order chi connectivity index (χ1) is 7.63. The van der Waals surface area contributed by atoms with Crippen molar-refractivity contribution in [3.63, 3.8) is 0 Å². The maximum Gasteiger partial charge on any atom is 0.0557 e. The van der Waals surface area contributed by atoms with Crippen LogP contribution in [0, 0.1) is 5.41 Å². The van der Waals surface area contributed by atoms with E-state index in [1.54, 1.807) is 0 Å². The second-order valence-corrected chi connectivity index (χ2v) is 7.29. The van der Waals surface area contributed by atoms with Gasteiger partial charge in [-0.05, 0) is 6.42 Å². The molecule has 0 spiro atoms. The minimum atomic E-state index is 0.0153. The molecule has 2 saturated heterocycles. The highest BCUT2D eigenvalue weighted by Crippen LogP contribution is 2.32. The highest BCUT2D eigenvalue weighted by Gasteiger charge is 2.37. The van der Waals surface area contributed by atoms with Gasteiger partial charge in [0.2, 0.25) is 0 Å². The van der Waals surface area contributed by atoms with Gasteiger partial charge in [-0.1, -0.05) is 13.8 Å². The normalized spacial score (nSPS) is 41.4. The van der Waals surface area contributed by atoms with Crippen molar-refractivity contribution in [3.8, 4) is 0 Å². The van der Waals surface area contributed by atoms with Gasteiger partial charge in [0.05, 0.1) is 13.2 Å². The van der Waals surface area contributed by atoms with Crippen LogP contribution in [0.1, 0.15) is 20.3 Å². The van der Waals surface area contributed by atoms with Crippen molar-refractivity contribution < 1.29 is 9.84 Å². The second-order valence-electron chi connectivity index (χ2n) is 5.41. The van der Waals surface area contributed by atoms with Gasteiger partial charge >= 0.3 is 0 Å². The number of rotatable bonds is 3. The highest BCUT2D eigenvalue weighted by atomic mass is 32.2. The van der Waals surface area contributed by atoms with E-state index in [2.05, 4.69) is 30.5 Å². The zero-order chi connectivity index (χ0) is 11.6. The summed E-state index contributed by atoms with van der Waals surface area (Å²) in [4.78, 5) is 2.51. The van der Waals surface area contributed by atoms with Gasteiger partial charge in [-0.2, -0.15) is 11.8 Å². The molecule has 0 radical (unpaired) electrons. The zero-order valence-electron chi connectivity index (χ0n) is 10.3. The molecule has 4 heteroatoms. The number of hydrogen-bond donors (Lipinski definition) is 1. The van der Waals surface area contributed by atoms with Crippen molar-refractivity contribution in [1.29, 1.82) is 0 Å². The molecule has 3 nitrogen and oxygen atoms in total. The standard InChI is InChI=1S/C12H23NO2S/c1-10-5-13(6-11(2)16-10)7-12(8-14)3-4-15-9-12/h10-11,14H,3-9H2,1-2H3. The van der Waals surface area contributed by atoms with E-state index >= 15 is 0 Å². The van der Waals surface area contributed by atoms with Gasteiger partial charge < -0.3 is 14.7 Å². The average Bonchev–Trinajstić information content (AvgIpc) is 2.65. The molecule has 1 N–H and O–H groups in total. The van der Waals surface area contributed by atoms with Crippen molar-refractivity contribution in [2.45, 2.75) is 30.8 Å². The van der Waals surface area contributed by atoms with Crippen molar-refractivity contribution in [2.24, 2.45) is 5.41 Å². The molecule has 3 atom stereocenters. The average molecular weight is 245 g/mol. The predicted molar refractivity (Wildman–Crippen MR) is 67.9 cm³/mol. The third-order valence-corrected chi connectivity index (χ3v) is 4.80. The van der Waals surface area contributed by atoms with E-state index in [0.717, 1.165) is 39.3 Å². The molecule has 2 heterocycles. The van der Waals surface area contributed by atoms with E-state index in [1.807, 2.05) is 0 Å². The quantitative estimate of drug-likeness (QED) is 0.810. The van der Waals surface area contributed by atoms with Crippen LogP contribution in [0.25, 0.3) is 0 Å². The number of ether oxygens (including phenoxy) is 1. The summed E-state index contributed by atoms with van der Waals surface area (Å²) >= 11 is 2.07. The SMILES string of the molecule is CC1CN(CC2(CO)CCOC2)CC(C)S1. The maximum atomic E-state index is 9.57. The van der Waals surface area contributed by atoms with Crippen LogP contribution in [0.2, 0.25) is 0 Å². The number of thioether (sulfide) groups is 1. The van der Waals surface area contributed by atoms with Crippen LogP contribution in [0.15, 0.2) is 0 Å². The third kappa shape index (κ3) is 2.92. The van der Waals surface area contributed by atoms with Crippen LogP contribution in [0.5, 0.6) is 0 Å². The van der Waals surface area contributed by atoms with E-state index < -0.39 is 0 Å². The Hall–Kier alpha value is 0.230. The molecule has 0 aromatic heterocycles. The smallest absolute Gasteiger partial charge is 0.0557 e. The summed E-state index contributed by atoms with van der Waals surface area (Å²) in [5.41, 5.74) is 0.0153. The molecule has 2 aliphatic rings. The zero-order valence-corrected chi connectivity index (χ0v) is 11.1. The fraction of sp³-hybridized carbons (Fsp3) is 1.00. The lowest BCUT2D eigenvalue weighted by Crippen LogP contribution is -2.47. The van der Waals surface area contributed by atoms with E-state index in [4.69, 9.17) is 4.74 Å². The molecule has 0 aromatic rings. The molecule has 0 saturated carbocycles. The minimum Gasteiger partial charge on any atom is -0.396 e. The summed E-state index contributed by atoms with van der Waals surface area (Å²) in [5.74, 6) is 0. The van der Waals surface area contributed by atoms with Crippen LogP contribution >= 0.6 is 11.8 Å². The van der Waals surface area contributed by atoms with Crippen molar-refractivity contribution in [1.82, 2.24) is 4.90 Å². The van der Waals surface area contributed by atoms with Gasteiger partial charge in [0, 0.05) is 42.2 Å². The van der Waals surface area contributed by atoms with E-state index in [-0.39, 0.29) is 12.0 Å². The molecule has 2 fully saturated rings. The number of nitrogens with zero attached hydrogens (tertiary/aromatic N) is 1. The first-order valence-electron chi connectivity index (χ1n) is 6.20. The van der Waals surface area contributed by atoms with E-state index in [9.17, 15) is 5.11 Å². The van der Waals surface area contributed by atoms with Crippen molar-refractivity contribution in [3.05, 3.63) is 0 Å². The summed E-state index contributed by atoms with van der Waals surface area (Å²) in [5, 5.41) is 11.0. The van der Waals surface area contributed by atoms with Crippen LogP contribution in [-0.4, -0.2) is 60.0 Å². The topological polar surface area (TPSA) is 32.7 Å². The number of hydrogen-bond acceptors (Lipinski definition) is 4. The van der Waals surface area contributed by atoms with Gasteiger partial charge in [-0.15, -0.1) is 0 Å². The molecular weight excluding hydrogens is 222 g/mol. The largest absolute Gasteiger partial charge is 0.396 e. The lowest BCUT2D eigenvalue weighted by atomic mass is 9.87. The van der Waals surface area contributed by atoms with Crippen LogP contribution in [-0.2, 0) is 4.74 Å². The van der Waals surface area contributed by atoms with Gasteiger partial charge in [-0.3, -0.25) is 0 Å². The Bertz CT molecular complexity index is 221. The Morgan fingerprint density at radius 2 is 2.06 bits per heavy atom. The summed E-state index contributed by atoms with van der Waals surface area (Å²) in [6.07, 6.45) is 1.01. The molecular formula is C12H23NO2S. The van der Waals surface area contributed by atoms with Gasteiger partial charge in [0.1, 0.15) is 0 Å². The maximum absolute atomic E-state index is 9.57. The Morgan fingerprint density at radius 3 is 2.56 bits per heavy atom. The number of aliphatic hydroxyl groups is 1. The molecule has 94 valence electrons. The van der Waals surface area contributed by atoms with Gasteiger partial charge in [0.15, 0.2) is 0 Å². The lowest BCUT2D eigenvalue weighted by molar-refractivity contribution is 0.0562. The van der Waals surface area contributed by atoms with Crippen LogP contribution in [0.3, 0.4) is 0 Å². The van der Waals surface area contributed by atoms with Crippen molar-refractivity contribution >= 4 is 11.8 Å². The molecule has 3 unspecified atom stereocenters. The summed E-state index contributed by atoms with van der Waals surface area (Å²) < 4.78 is 5.45. The Morgan fingerprint density at radius 1 is 1.38 bits per heavy atom. The molecule has 2 aliphatic heterocycles. The first kappa shape index (κ1) is 12.7. The lowest BCUT2D eigenvalue weighted by Gasteiger charge is -2.39. The van der Waals surface area contributed by atoms with Gasteiger partial charge in [0.25, 0.3) is 0 Å². The molecule has 16 heavy (non-hydrogen) atoms. The van der Waals surface area contributed by atoms with E-state index in [0.29, 0.717) is 10.5 Å². The van der Waals surface area contributed by atoms with Crippen LogP contribution in [0.4, 0.5) is 0 Å². The summed E-state index contributed by atoms with van der Waals surface area (Å²) in [6.45, 7) is 9.70. The second kappa shape index (κ2) is 5.25. The molecule has 2 rings (SSSR count). The minimum absolute atomic E-state index is 0.0153. The Kier molecular flexibility index (Phi) is 4.16. The summed E-state index contributed by atoms with van der Waals surface area (Å²) in [6, 6.07) is 0. The monoisotopic (exact) mass is 245 g/mol. The van der Waals surface area contributed by atoms with Crippen LogP contribution < -0.4 is 0 Å². The van der Waals surface area contributed by atoms with Crippen molar-refractivity contribution in [2.75, 3.05) is 39.5 Å². The van der Waals surface area contributed by atoms with E-state index in [1.165, 1.54) is 0 Å². The fourth-order valence-corrected chi connectivity index (χ4v) is 4.22. The Labute approximate surface area is 103 Å². The highest BCUT2D eigenvalue weighted by molar-refractivity contribution is 8.00. The van der Waals surface area contributed by atoms with Gasteiger partial charge in [-0.25, -0.2) is 0 Å². The number of aliphatic hydroxyl groups excluding tert-OH is 1. The molecule has 0 aliphatic carbocycles. The predicted octanol–water partition coefficient (Wildman–Crippen LogP) is 1.21. The summed E-state index contributed by atoms with van der Waals surface area (Å²) in [7, 11) is 0. The molecule has 0 bridgehead atoms. The molecule has 0 aromatic carbocycles. The molecule has 0 amide bonds. The first-order valence-corrected chi connectivity index (χ1v) is 7.14. The fourth-order valence-electron chi connectivity index (χ4n) is 2.84. The Balaban J connectivity index is 1.92. The third-order valence-electron chi connectivity index (χ3n) is 3.57.